The van der Waals surface area contributed by atoms with E-state index < -0.39 is 4.92 Å². The molecule has 1 aliphatic rings. The van der Waals surface area contributed by atoms with Gasteiger partial charge in [0.1, 0.15) is 0 Å². The van der Waals surface area contributed by atoms with E-state index >= 15 is 0 Å². The summed E-state index contributed by atoms with van der Waals surface area (Å²) in [5.74, 6) is 0.655. The zero-order chi connectivity index (χ0) is 14.5. The molecule has 0 atom stereocenters. The van der Waals surface area contributed by atoms with Crippen molar-refractivity contribution in [1.29, 1.82) is 0 Å². The Morgan fingerprint density at radius 3 is 2.35 bits per heavy atom. The second kappa shape index (κ2) is 6.50. The minimum atomic E-state index is -0.465. The maximum atomic E-state index is 12.1. The van der Waals surface area contributed by atoms with Crippen LogP contribution >= 0.6 is 0 Å². The fourth-order valence-corrected chi connectivity index (χ4v) is 2.72. The summed E-state index contributed by atoms with van der Waals surface area (Å²) >= 11 is 0. The molecule has 1 amide bonds. The number of nitrogens with one attached hydrogen (secondary N) is 1. The zero-order valence-electron chi connectivity index (χ0n) is 11.7. The number of rotatable bonds is 4. The predicted octanol–water partition coefficient (Wildman–Crippen LogP) is 3.29. The molecule has 1 N–H and O–H groups in total. The van der Waals surface area contributed by atoms with Gasteiger partial charge in [-0.3, -0.25) is 14.9 Å². The summed E-state index contributed by atoms with van der Waals surface area (Å²) < 4.78 is 0. The number of nitro groups is 1. The molecule has 0 bridgehead atoms. The average molecular weight is 276 g/mol. The number of amides is 1. The van der Waals surface area contributed by atoms with Gasteiger partial charge in [-0.2, -0.15) is 0 Å². The molecule has 0 saturated heterocycles. The lowest BCUT2D eigenvalue weighted by atomic mass is 9.84. The highest BCUT2D eigenvalue weighted by Crippen LogP contribution is 2.26. The maximum Gasteiger partial charge on any atom is 0.269 e. The van der Waals surface area contributed by atoms with E-state index in [0.29, 0.717) is 5.56 Å². The summed E-state index contributed by atoms with van der Waals surface area (Å²) in [7, 11) is 0. The number of carbonyl (C=O) groups is 1. The van der Waals surface area contributed by atoms with Crippen molar-refractivity contribution in [3.05, 3.63) is 39.9 Å². The first-order valence-corrected chi connectivity index (χ1v) is 7.15. The number of hydrogen-bond donors (Lipinski definition) is 1. The van der Waals surface area contributed by atoms with Crippen molar-refractivity contribution in [2.24, 2.45) is 5.92 Å². The van der Waals surface area contributed by atoms with Crippen molar-refractivity contribution in [2.45, 2.75) is 45.1 Å². The second-order valence-corrected chi connectivity index (χ2v) is 5.40. The first kappa shape index (κ1) is 14.5. The van der Waals surface area contributed by atoms with E-state index in [9.17, 15) is 14.9 Å². The Balaban J connectivity index is 1.90. The van der Waals surface area contributed by atoms with Crippen LogP contribution < -0.4 is 5.32 Å². The van der Waals surface area contributed by atoms with Gasteiger partial charge >= 0.3 is 0 Å². The van der Waals surface area contributed by atoms with E-state index in [-0.39, 0.29) is 17.6 Å². The molecule has 0 unspecified atom stereocenters. The Morgan fingerprint density at radius 1 is 1.25 bits per heavy atom. The molecule has 1 fully saturated rings. The van der Waals surface area contributed by atoms with Crippen LogP contribution in [0, 0.1) is 16.0 Å². The molecule has 1 aliphatic carbocycles. The molecule has 20 heavy (non-hydrogen) atoms. The van der Waals surface area contributed by atoms with Crippen LogP contribution in [0.15, 0.2) is 24.3 Å². The Kier molecular flexibility index (Phi) is 4.71. The van der Waals surface area contributed by atoms with Gasteiger partial charge < -0.3 is 5.32 Å². The van der Waals surface area contributed by atoms with Crippen LogP contribution in [0.5, 0.6) is 0 Å². The third kappa shape index (κ3) is 3.56. The average Bonchev–Trinajstić information content (AvgIpc) is 2.48. The molecular formula is C15H20N2O3. The molecule has 5 nitrogen and oxygen atoms in total. The molecule has 0 spiro atoms. The number of nitro benzene ring substituents is 1. The summed E-state index contributed by atoms with van der Waals surface area (Å²) in [6, 6.07) is 5.97. The Bertz CT molecular complexity index is 476. The maximum absolute atomic E-state index is 12.1. The lowest BCUT2D eigenvalue weighted by molar-refractivity contribution is -0.384. The van der Waals surface area contributed by atoms with Gasteiger partial charge in [0.25, 0.3) is 11.6 Å². The Labute approximate surface area is 118 Å². The standard InChI is InChI=1S/C15H20N2O3/c1-2-11-3-7-13(8-4-11)16-15(18)12-5-9-14(10-6-12)17(19)20/h5-6,9-11,13H,2-4,7-8H2,1H3,(H,16,18). The van der Waals surface area contributed by atoms with Crippen molar-refractivity contribution in [3.8, 4) is 0 Å². The van der Waals surface area contributed by atoms with Crippen molar-refractivity contribution >= 4 is 11.6 Å². The first-order chi connectivity index (χ1) is 9.60. The molecule has 0 aliphatic heterocycles. The zero-order valence-corrected chi connectivity index (χ0v) is 11.7. The van der Waals surface area contributed by atoms with Crippen LogP contribution in [-0.2, 0) is 0 Å². The minimum Gasteiger partial charge on any atom is -0.349 e. The Morgan fingerprint density at radius 2 is 1.85 bits per heavy atom. The summed E-state index contributed by atoms with van der Waals surface area (Å²) in [5, 5.41) is 13.6. The highest BCUT2D eigenvalue weighted by molar-refractivity contribution is 5.94. The fraction of sp³-hybridized carbons (Fsp3) is 0.533. The van der Waals surface area contributed by atoms with E-state index in [4.69, 9.17) is 0 Å². The molecular weight excluding hydrogens is 256 g/mol. The quantitative estimate of drug-likeness (QED) is 0.677. The van der Waals surface area contributed by atoms with E-state index in [1.807, 2.05) is 0 Å². The Hall–Kier alpha value is -1.91. The molecule has 1 aromatic carbocycles. The van der Waals surface area contributed by atoms with Gasteiger partial charge in [0.15, 0.2) is 0 Å². The van der Waals surface area contributed by atoms with Crippen molar-refractivity contribution in [3.63, 3.8) is 0 Å². The lowest BCUT2D eigenvalue weighted by Gasteiger charge is -2.28. The van der Waals surface area contributed by atoms with Gasteiger partial charge in [-0.15, -0.1) is 0 Å². The van der Waals surface area contributed by atoms with Crippen molar-refractivity contribution < 1.29 is 9.72 Å². The number of nitrogens with zero attached hydrogens (tertiary/aromatic N) is 1. The molecule has 5 heteroatoms. The summed E-state index contributed by atoms with van der Waals surface area (Å²) in [6.45, 7) is 2.21. The first-order valence-electron chi connectivity index (χ1n) is 7.15. The summed E-state index contributed by atoms with van der Waals surface area (Å²) in [5.41, 5.74) is 0.484. The largest absolute Gasteiger partial charge is 0.349 e. The summed E-state index contributed by atoms with van der Waals surface area (Å²) in [4.78, 5) is 22.2. The molecule has 1 saturated carbocycles. The lowest BCUT2D eigenvalue weighted by Crippen LogP contribution is -2.37. The SMILES string of the molecule is CCC1CCC(NC(=O)c2ccc([N+](=O)[O-])cc2)CC1. The highest BCUT2D eigenvalue weighted by atomic mass is 16.6. The van der Waals surface area contributed by atoms with Gasteiger partial charge in [0.2, 0.25) is 0 Å². The van der Waals surface area contributed by atoms with Crippen molar-refractivity contribution in [1.82, 2.24) is 5.32 Å². The monoisotopic (exact) mass is 276 g/mol. The number of benzene rings is 1. The highest BCUT2D eigenvalue weighted by Gasteiger charge is 2.21. The van der Waals surface area contributed by atoms with Crippen LogP contribution in [-0.4, -0.2) is 16.9 Å². The second-order valence-electron chi connectivity index (χ2n) is 5.40. The van der Waals surface area contributed by atoms with Crippen LogP contribution in [0.3, 0.4) is 0 Å². The molecule has 0 heterocycles. The molecule has 0 aromatic heterocycles. The molecule has 0 radical (unpaired) electrons. The van der Waals surface area contributed by atoms with Gasteiger partial charge in [-0.25, -0.2) is 0 Å². The van der Waals surface area contributed by atoms with E-state index in [2.05, 4.69) is 12.2 Å². The fourth-order valence-electron chi connectivity index (χ4n) is 2.72. The normalized spacial score (nSPS) is 22.2. The van der Waals surface area contributed by atoms with Crippen molar-refractivity contribution in [2.75, 3.05) is 0 Å². The van der Waals surface area contributed by atoms with Gasteiger partial charge in [-0.05, 0) is 43.7 Å². The number of hydrogen-bond acceptors (Lipinski definition) is 3. The van der Waals surface area contributed by atoms with E-state index in [0.717, 1.165) is 18.8 Å². The van der Waals surface area contributed by atoms with Crippen LogP contribution in [0.2, 0.25) is 0 Å². The van der Waals surface area contributed by atoms with Crippen LogP contribution in [0.4, 0.5) is 5.69 Å². The van der Waals surface area contributed by atoms with Crippen LogP contribution in [0.25, 0.3) is 0 Å². The van der Waals surface area contributed by atoms with E-state index in [1.54, 1.807) is 0 Å². The van der Waals surface area contributed by atoms with Gasteiger partial charge in [0.05, 0.1) is 4.92 Å². The third-order valence-electron chi connectivity index (χ3n) is 4.10. The number of carbonyl (C=O) groups excluding carboxylic acids is 1. The predicted molar refractivity (Wildman–Crippen MR) is 76.6 cm³/mol. The molecule has 108 valence electrons. The van der Waals surface area contributed by atoms with Gasteiger partial charge in [-0.1, -0.05) is 13.3 Å². The van der Waals surface area contributed by atoms with Crippen LogP contribution in [0.1, 0.15) is 49.4 Å². The van der Waals surface area contributed by atoms with E-state index in [1.165, 1.54) is 43.5 Å². The van der Waals surface area contributed by atoms with Gasteiger partial charge in [0, 0.05) is 23.7 Å². The summed E-state index contributed by atoms with van der Waals surface area (Å²) in [6.07, 6.45) is 5.60. The minimum absolute atomic E-state index is 0.00463. The molecule has 1 aromatic rings. The topological polar surface area (TPSA) is 72.2 Å². The smallest absolute Gasteiger partial charge is 0.269 e. The third-order valence-corrected chi connectivity index (χ3v) is 4.10. The molecule has 2 rings (SSSR count). The number of non-ortho nitro benzene ring substituents is 1.